The number of aliphatic hydroxyl groups is 1. The highest BCUT2D eigenvalue weighted by Crippen LogP contribution is 2.40. The Hall–Kier alpha value is -2.87. The van der Waals surface area contributed by atoms with Crippen LogP contribution in [0.3, 0.4) is 0 Å². The van der Waals surface area contributed by atoms with E-state index in [0.717, 1.165) is 10.0 Å². The SMILES string of the molecule is O=C1c2ccccc2C(O)(C#Cc2ccc(Br)cc2)N1c1ccccc1. The number of nitrogens with zero attached hydrogens (tertiary/aromatic N) is 1. The molecule has 0 radical (unpaired) electrons. The molecule has 1 aliphatic rings. The normalized spacial score (nSPS) is 18.2. The number of benzene rings is 3. The molecule has 1 unspecified atom stereocenters. The van der Waals surface area contributed by atoms with Crippen LogP contribution in [0.4, 0.5) is 5.69 Å². The number of carbonyl (C=O) groups excluding carboxylic acids is 1. The van der Waals surface area contributed by atoms with Crippen LogP contribution in [0, 0.1) is 11.8 Å². The van der Waals surface area contributed by atoms with Crippen molar-refractivity contribution >= 4 is 27.5 Å². The second kappa shape index (κ2) is 6.45. The van der Waals surface area contributed by atoms with Crippen LogP contribution < -0.4 is 4.90 Å². The van der Waals surface area contributed by atoms with Gasteiger partial charge in [-0.3, -0.25) is 9.69 Å². The molecule has 0 bridgehead atoms. The molecule has 26 heavy (non-hydrogen) atoms. The fourth-order valence-corrected chi connectivity index (χ4v) is 3.32. The summed E-state index contributed by atoms with van der Waals surface area (Å²) in [5, 5.41) is 11.5. The molecule has 126 valence electrons. The summed E-state index contributed by atoms with van der Waals surface area (Å²) in [6.45, 7) is 0. The van der Waals surface area contributed by atoms with E-state index in [9.17, 15) is 9.90 Å². The number of carbonyl (C=O) groups is 1. The molecule has 3 nitrogen and oxygen atoms in total. The number of para-hydroxylation sites is 1. The van der Waals surface area contributed by atoms with Crippen LogP contribution in [-0.2, 0) is 5.72 Å². The first-order chi connectivity index (χ1) is 12.6. The Balaban J connectivity index is 1.87. The zero-order chi connectivity index (χ0) is 18.1. The summed E-state index contributed by atoms with van der Waals surface area (Å²) >= 11 is 3.39. The molecule has 3 aromatic carbocycles. The zero-order valence-electron chi connectivity index (χ0n) is 13.7. The van der Waals surface area contributed by atoms with E-state index in [4.69, 9.17) is 0 Å². The lowest BCUT2D eigenvalue weighted by Crippen LogP contribution is -2.43. The van der Waals surface area contributed by atoms with Gasteiger partial charge >= 0.3 is 0 Å². The van der Waals surface area contributed by atoms with Gasteiger partial charge in [-0.25, -0.2) is 0 Å². The van der Waals surface area contributed by atoms with Gasteiger partial charge in [0.25, 0.3) is 5.91 Å². The van der Waals surface area contributed by atoms with E-state index < -0.39 is 5.72 Å². The molecule has 1 amide bonds. The summed E-state index contributed by atoms with van der Waals surface area (Å²) in [5.74, 6) is 5.66. The maximum atomic E-state index is 13.0. The van der Waals surface area contributed by atoms with Crippen LogP contribution in [0.15, 0.2) is 83.3 Å². The number of anilines is 1. The molecule has 0 fully saturated rings. The standard InChI is InChI=1S/C22H14BrNO2/c23-17-12-10-16(11-13-17)14-15-22(26)20-9-5-4-8-19(20)21(25)24(22)18-6-2-1-3-7-18/h1-13,26H. The Morgan fingerprint density at radius 3 is 2.27 bits per heavy atom. The van der Waals surface area contributed by atoms with Crippen LogP contribution >= 0.6 is 15.9 Å². The Labute approximate surface area is 160 Å². The highest BCUT2D eigenvalue weighted by atomic mass is 79.9. The van der Waals surface area contributed by atoms with E-state index in [-0.39, 0.29) is 5.91 Å². The molecule has 0 aromatic heterocycles. The monoisotopic (exact) mass is 403 g/mol. The fourth-order valence-electron chi connectivity index (χ4n) is 3.06. The van der Waals surface area contributed by atoms with Crippen molar-refractivity contribution in [3.63, 3.8) is 0 Å². The van der Waals surface area contributed by atoms with Gasteiger partial charge in [-0.15, -0.1) is 0 Å². The number of halogens is 1. The van der Waals surface area contributed by atoms with Crippen LogP contribution in [0.1, 0.15) is 21.5 Å². The third-order valence-electron chi connectivity index (χ3n) is 4.30. The van der Waals surface area contributed by atoms with Crippen molar-refractivity contribution < 1.29 is 9.90 Å². The topological polar surface area (TPSA) is 40.5 Å². The van der Waals surface area contributed by atoms with Crippen molar-refractivity contribution in [2.24, 2.45) is 0 Å². The fraction of sp³-hybridized carbons (Fsp3) is 0.0455. The highest BCUT2D eigenvalue weighted by Gasteiger charge is 2.48. The largest absolute Gasteiger partial charge is 0.357 e. The third kappa shape index (κ3) is 2.72. The Kier molecular flexibility index (Phi) is 4.12. The van der Waals surface area contributed by atoms with Gasteiger partial charge in [0.15, 0.2) is 0 Å². The molecular formula is C22H14BrNO2. The van der Waals surface area contributed by atoms with Crippen molar-refractivity contribution in [3.8, 4) is 11.8 Å². The van der Waals surface area contributed by atoms with Gasteiger partial charge in [0.2, 0.25) is 5.72 Å². The molecule has 1 aliphatic heterocycles. The number of hydrogen-bond acceptors (Lipinski definition) is 2. The zero-order valence-corrected chi connectivity index (χ0v) is 15.3. The van der Waals surface area contributed by atoms with Crippen LogP contribution in [0.5, 0.6) is 0 Å². The smallest absolute Gasteiger partial charge is 0.262 e. The van der Waals surface area contributed by atoms with E-state index in [1.807, 2.05) is 42.5 Å². The second-order valence-electron chi connectivity index (χ2n) is 5.95. The summed E-state index contributed by atoms with van der Waals surface area (Å²) < 4.78 is 0.953. The second-order valence-corrected chi connectivity index (χ2v) is 6.87. The minimum atomic E-state index is -1.72. The van der Waals surface area contributed by atoms with Crippen LogP contribution in [-0.4, -0.2) is 11.0 Å². The number of rotatable bonds is 1. The highest BCUT2D eigenvalue weighted by molar-refractivity contribution is 9.10. The molecule has 3 aromatic rings. The lowest BCUT2D eigenvalue weighted by atomic mass is 10.0. The Bertz CT molecular complexity index is 1030. The quantitative estimate of drug-likeness (QED) is 0.615. The van der Waals surface area contributed by atoms with Crippen LogP contribution in [0.2, 0.25) is 0 Å². The van der Waals surface area contributed by atoms with Crippen molar-refractivity contribution in [2.75, 3.05) is 4.90 Å². The van der Waals surface area contributed by atoms with E-state index in [2.05, 4.69) is 27.8 Å². The molecule has 0 saturated heterocycles. The maximum absolute atomic E-state index is 13.0. The molecule has 4 heteroatoms. The van der Waals surface area contributed by atoms with E-state index in [0.29, 0.717) is 16.8 Å². The summed E-state index contributed by atoms with van der Waals surface area (Å²) in [6, 6.07) is 23.6. The van der Waals surface area contributed by atoms with Crippen LogP contribution in [0.25, 0.3) is 0 Å². The van der Waals surface area contributed by atoms with Gasteiger partial charge in [-0.05, 0) is 48.4 Å². The summed E-state index contributed by atoms with van der Waals surface area (Å²) in [5.41, 5.74) is 0.595. The van der Waals surface area contributed by atoms with Crippen molar-refractivity contribution in [1.82, 2.24) is 0 Å². The van der Waals surface area contributed by atoms with Gasteiger partial charge in [0, 0.05) is 26.9 Å². The average Bonchev–Trinajstić information content (AvgIpc) is 2.90. The van der Waals surface area contributed by atoms with Crippen molar-refractivity contribution in [1.29, 1.82) is 0 Å². The first-order valence-corrected chi connectivity index (χ1v) is 8.89. The third-order valence-corrected chi connectivity index (χ3v) is 4.83. The summed E-state index contributed by atoms with van der Waals surface area (Å²) in [7, 11) is 0. The molecule has 0 aliphatic carbocycles. The molecule has 0 spiro atoms. The molecular weight excluding hydrogens is 390 g/mol. The van der Waals surface area contributed by atoms with Gasteiger partial charge in [0.1, 0.15) is 0 Å². The predicted octanol–water partition coefficient (Wildman–Crippen LogP) is 4.31. The Morgan fingerprint density at radius 2 is 1.54 bits per heavy atom. The molecule has 4 rings (SSSR count). The lowest BCUT2D eigenvalue weighted by molar-refractivity contribution is 0.0792. The minimum Gasteiger partial charge on any atom is -0.357 e. The average molecular weight is 404 g/mol. The molecule has 1 N–H and O–H groups in total. The van der Waals surface area contributed by atoms with E-state index in [1.54, 1.807) is 36.4 Å². The molecule has 0 saturated carbocycles. The molecule has 1 atom stereocenters. The summed E-state index contributed by atoms with van der Waals surface area (Å²) in [6.07, 6.45) is 0. The van der Waals surface area contributed by atoms with E-state index >= 15 is 0 Å². The Morgan fingerprint density at radius 1 is 0.885 bits per heavy atom. The summed E-state index contributed by atoms with van der Waals surface area (Å²) in [4.78, 5) is 14.3. The van der Waals surface area contributed by atoms with Gasteiger partial charge in [0.05, 0.1) is 0 Å². The number of hydrogen-bond donors (Lipinski definition) is 1. The van der Waals surface area contributed by atoms with E-state index in [1.165, 1.54) is 4.90 Å². The van der Waals surface area contributed by atoms with Crippen molar-refractivity contribution in [2.45, 2.75) is 5.72 Å². The number of amides is 1. The van der Waals surface area contributed by atoms with Gasteiger partial charge in [-0.1, -0.05) is 58.2 Å². The van der Waals surface area contributed by atoms with Gasteiger partial charge in [-0.2, -0.15) is 0 Å². The minimum absolute atomic E-state index is 0.264. The number of fused-ring (bicyclic) bond motifs is 1. The van der Waals surface area contributed by atoms with Crippen molar-refractivity contribution in [3.05, 3.63) is 100 Å². The maximum Gasteiger partial charge on any atom is 0.262 e. The molecule has 1 heterocycles. The first kappa shape index (κ1) is 16.6. The lowest BCUT2D eigenvalue weighted by Gasteiger charge is -2.29. The van der Waals surface area contributed by atoms with Gasteiger partial charge < -0.3 is 5.11 Å². The first-order valence-electron chi connectivity index (χ1n) is 8.10. The predicted molar refractivity (Wildman–Crippen MR) is 105 cm³/mol.